The quantitative estimate of drug-likeness (QED) is 0.114. The molecule has 1 heterocycles. The summed E-state index contributed by atoms with van der Waals surface area (Å²) in [4.78, 5) is 186. The lowest BCUT2D eigenvalue weighted by atomic mass is 9.80. The molecule has 30 heteroatoms. The van der Waals surface area contributed by atoms with Crippen molar-refractivity contribution in [2.75, 3.05) is 18.1 Å². The molecule has 0 radical (unpaired) electrons. The zero-order valence-electron chi connectivity index (χ0n) is 50.2. The van der Waals surface area contributed by atoms with Crippen molar-refractivity contribution in [2.24, 2.45) is 28.7 Å². The fourth-order valence-electron chi connectivity index (χ4n) is 9.74. The number of nitrogens with two attached hydrogens (primary N) is 2. The van der Waals surface area contributed by atoms with Crippen molar-refractivity contribution in [3.05, 3.63) is 65.2 Å². The van der Waals surface area contributed by atoms with Crippen molar-refractivity contribution in [3.8, 4) is 5.75 Å². The number of aromatic hydroxyl groups is 1. The Hall–Kier alpha value is -7.62. The summed E-state index contributed by atoms with van der Waals surface area (Å²) in [6, 6.07) is -0.694. The Bertz CT molecular complexity index is 2880. The minimum absolute atomic E-state index is 0.00907. The van der Waals surface area contributed by atoms with Crippen molar-refractivity contribution < 1.29 is 77.0 Å². The summed E-state index contributed by atoms with van der Waals surface area (Å²) in [6.07, 6.45) is -0.321. The predicted octanol–water partition coefficient (Wildman–Crippen LogP) is -0.936. The maximum Gasteiger partial charge on any atom is 0.329 e. The molecule has 12 amide bonds. The van der Waals surface area contributed by atoms with Gasteiger partial charge in [-0.2, -0.15) is 0 Å². The highest BCUT2D eigenvalue weighted by molar-refractivity contribution is 8.00. The molecular formula is C57H85N12O16PS. The highest BCUT2D eigenvalue weighted by Crippen LogP contribution is 2.39. The van der Waals surface area contributed by atoms with Gasteiger partial charge in [-0.25, -0.2) is 0 Å². The summed E-state index contributed by atoms with van der Waals surface area (Å²) in [5, 5.41) is 35.8. The number of thioether (sulfide) groups is 1. The van der Waals surface area contributed by atoms with Crippen LogP contribution in [0.4, 0.5) is 0 Å². The number of hydrogen-bond donors (Lipinski definition) is 15. The van der Waals surface area contributed by atoms with Crippen molar-refractivity contribution in [1.82, 2.24) is 53.2 Å². The van der Waals surface area contributed by atoms with Crippen LogP contribution in [-0.4, -0.2) is 152 Å². The second-order valence-corrected chi connectivity index (χ2v) is 26.7. The van der Waals surface area contributed by atoms with Crippen LogP contribution in [0.1, 0.15) is 129 Å². The lowest BCUT2D eigenvalue weighted by Gasteiger charge is -2.39. The van der Waals surface area contributed by atoms with Crippen LogP contribution in [-0.2, 0) is 74.7 Å². The van der Waals surface area contributed by atoms with E-state index in [-0.39, 0.29) is 66.4 Å². The maximum absolute atomic E-state index is 14.9. The first-order valence-electron chi connectivity index (χ1n) is 28.6. The monoisotopic (exact) mass is 1260 g/mol. The largest absolute Gasteiger partial charge is 0.508 e. The Labute approximate surface area is 509 Å². The Kier molecular flexibility index (Phi) is 26.7. The molecule has 2 aromatic carbocycles. The SMILES string of the molecule is CC(C)C[C@@H]1NC(=O)[C@H](C)NC(=O)CSC[C@H](C(N)=O)NC(=O)[C@H](Cc2ccc(O)cc2)NC(=O)[C@H](CC(C)(C)C)NC(=O)CNC(=O)[C@H](C(C)C)NC(=O)[C@H](CC(N)=O)NC(=O)C2(CCCCC2)NC(=O)[C@H](c2ccc(CP(=O)(O)O)cc2)NC1=O. The van der Waals surface area contributed by atoms with Gasteiger partial charge in [-0.1, -0.05) is 104 Å². The molecule has 2 aromatic rings. The normalized spacial score (nSPS) is 24.6. The second kappa shape index (κ2) is 32.4. The number of hydrogen-bond acceptors (Lipinski definition) is 15. The summed E-state index contributed by atoms with van der Waals surface area (Å²) in [6.45, 7) is 12.6. The van der Waals surface area contributed by atoms with E-state index < -0.39 is 163 Å². The van der Waals surface area contributed by atoms with Gasteiger partial charge in [0.15, 0.2) is 0 Å². The zero-order valence-corrected chi connectivity index (χ0v) is 52.0. The number of carbonyl (C=O) groups is 12. The second-order valence-electron chi connectivity index (χ2n) is 24.1. The maximum atomic E-state index is 14.9. The summed E-state index contributed by atoms with van der Waals surface area (Å²) >= 11 is 0.856. The lowest BCUT2D eigenvalue weighted by Crippen LogP contribution is -2.65. The number of carbonyl (C=O) groups excluding carboxylic acids is 12. The van der Waals surface area contributed by atoms with Gasteiger partial charge in [-0.05, 0) is 78.7 Å². The third kappa shape index (κ3) is 23.9. The van der Waals surface area contributed by atoms with Crippen molar-refractivity contribution in [1.29, 1.82) is 0 Å². The number of amides is 12. The van der Waals surface area contributed by atoms with Crippen LogP contribution in [0.5, 0.6) is 5.75 Å². The minimum atomic E-state index is -4.56. The van der Waals surface area contributed by atoms with Gasteiger partial charge >= 0.3 is 7.60 Å². The van der Waals surface area contributed by atoms with Gasteiger partial charge in [0.1, 0.15) is 59.6 Å². The van der Waals surface area contributed by atoms with E-state index in [1.54, 1.807) is 48.5 Å². The van der Waals surface area contributed by atoms with Crippen LogP contribution in [0.25, 0.3) is 0 Å². The fourth-order valence-corrected chi connectivity index (χ4v) is 11.3. The number of phenolic OH excluding ortho intramolecular Hbond substituents is 1. The van der Waals surface area contributed by atoms with Gasteiger partial charge in [0.25, 0.3) is 0 Å². The van der Waals surface area contributed by atoms with Gasteiger partial charge in [0, 0.05) is 12.2 Å². The molecule has 1 aliphatic heterocycles. The molecule has 0 aromatic heterocycles. The lowest BCUT2D eigenvalue weighted by molar-refractivity contribution is -0.140. The van der Waals surface area contributed by atoms with E-state index in [0.29, 0.717) is 24.8 Å². The van der Waals surface area contributed by atoms with Gasteiger partial charge in [-0.15, -0.1) is 11.8 Å². The first-order valence-corrected chi connectivity index (χ1v) is 31.6. The molecule has 87 heavy (non-hydrogen) atoms. The molecule has 2 fully saturated rings. The molecule has 0 unspecified atom stereocenters. The third-order valence-electron chi connectivity index (χ3n) is 14.2. The zero-order chi connectivity index (χ0) is 65.1. The van der Waals surface area contributed by atoms with E-state index >= 15 is 0 Å². The first kappa shape index (κ1) is 71.9. The predicted molar refractivity (Wildman–Crippen MR) is 320 cm³/mol. The van der Waals surface area contributed by atoms with E-state index in [2.05, 4.69) is 53.2 Å². The van der Waals surface area contributed by atoms with Gasteiger partial charge in [-0.3, -0.25) is 62.1 Å². The number of primary amides is 2. The average molecular weight is 1260 g/mol. The van der Waals surface area contributed by atoms with Crippen LogP contribution in [0.2, 0.25) is 0 Å². The smallest absolute Gasteiger partial charge is 0.329 e. The molecular weight excluding hydrogens is 1170 g/mol. The van der Waals surface area contributed by atoms with E-state index in [1.807, 2.05) is 0 Å². The molecule has 1 spiro atoms. The summed E-state index contributed by atoms with van der Waals surface area (Å²) in [7, 11) is -4.56. The number of rotatable bonds is 12. The minimum Gasteiger partial charge on any atom is -0.508 e. The van der Waals surface area contributed by atoms with Gasteiger partial charge in [0.2, 0.25) is 70.9 Å². The Morgan fingerprint density at radius 1 is 0.667 bits per heavy atom. The highest BCUT2D eigenvalue weighted by atomic mass is 32.2. The molecule has 28 nitrogen and oxygen atoms in total. The van der Waals surface area contributed by atoms with Crippen LogP contribution in [0.15, 0.2) is 48.5 Å². The first-order chi connectivity index (χ1) is 40.5. The van der Waals surface area contributed by atoms with E-state index in [1.165, 1.54) is 55.5 Å². The Balaban J connectivity index is 1.80. The summed E-state index contributed by atoms with van der Waals surface area (Å²) in [5.41, 5.74) is 9.57. The van der Waals surface area contributed by atoms with Crippen LogP contribution < -0.4 is 64.6 Å². The number of nitrogens with one attached hydrogen (secondary N) is 10. The molecule has 480 valence electrons. The Morgan fingerprint density at radius 3 is 1.80 bits per heavy atom. The molecule has 1 saturated carbocycles. The molecule has 1 saturated heterocycles. The van der Waals surface area contributed by atoms with Crippen molar-refractivity contribution in [2.45, 2.75) is 173 Å². The summed E-state index contributed by atoms with van der Waals surface area (Å²) < 4.78 is 11.9. The third-order valence-corrected chi connectivity index (χ3v) is 16.0. The van der Waals surface area contributed by atoms with Crippen LogP contribution in [0.3, 0.4) is 0 Å². The molecule has 8 atom stereocenters. The molecule has 4 rings (SSSR count). The van der Waals surface area contributed by atoms with Crippen LogP contribution in [0, 0.1) is 17.3 Å². The molecule has 0 bridgehead atoms. The highest BCUT2D eigenvalue weighted by Gasteiger charge is 2.45. The molecule has 2 aliphatic rings. The topological polar surface area (TPSA) is 455 Å². The van der Waals surface area contributed by atoms with Crippen molar-refractivity contribution >= 4 is 90.2 Å². The molecule has 17 N–H and O–H groups in total. The summed E-state index contributed by atoms with van der Waals surface area (Å²) in [5.74, 6) is -12.7. The average Bonchev–Trinajstić information content (AvgIpc) is 2.29. The number of benzene rings is 2. The Morgan fingerprint density at radius 2 is 1.24 bits per heavy atom. The number of phenols is 1. The van der Waals surface area contributed by atoms with Crippen LogP contribution >= 0.6 is 19.4 Å². The van der Waals surface area contributed by atoms with Crippen molar-refractivity contribution in [3.63, 3.8) is 0 Å². The standard InChI is InChI=1S/C57H85N12O16PS/c1-30(2)22-37-50(77)68-46(35-16-12-34(13-17-35)27-86(83,84)85)54(81)69-57(20-10-9-11-21-57)55(82)66-39(24-42(58)71)51(78)67-45(31(3)4)53(80)60-26-43(72)62-40(25-56(6,7)8)52(79)64-38(23-33-14-18-36(70)19-15-33)49(76)65-41(47(59)74)28-87-29-44(73)61-32(5)48(75)63-37/h12-19,30-32,37-41,45-46,70H,9-11,20-29H2,1-8H3,(H2,58,71)(H2,59,74)(H,60,80)(H,61,73)(H,62,72)(H,63,75)(H,64,79)(H,65,76)(H,66,82)(H,67,78)(H,68,77)(H,69,81)(H2,83,84,85)/t32-,37-,38-,39-,40-,41+,45-,46-/m0/s1. The fraction of sp³-hybridized carbons (Fsp3) is 0.579. The van der Waals surface area contributed by atoms with Gasteiger partial charge < -0.3 is 79.5 Å². The van der Waals surface area contributed by atoms with E-state index in [4.69, 9.17) is 11.5 Å². The molecule has 1 aliphatic carbocycles. The van der Waals surface area contributed by atoms with Gasteiger partial charge in [0.05, 0.1) is 24.9 Å². The van der Waals surface area contributed by atoms with E-state index in [9.17, 15) is 77.0 Å². The van der Waals surface area contributed by atoms with E-state index in [0.717, 1.165) is 11.8 Å².